The number of rotatable bonds is 4. The van der Waals surface area contributed by atoms with Crippen LogP contribution < -0.4 is 5.32 Å². The molecule has 0 aliphatic carbocycles. The van der Waals surface area contributed by atoms with Gasteiger partial charge in [-0.1, -0.05) is 36.9 Å². The summed E-state index contributed by atoms with van der Waals surface area (Å²) in [6.07, 6.45) is 7.39. The Hall–Kier alpha value is -1.03. The van der Waals surface area contributed by atoms with E-state index in [2.05, 4.69) is 53.5 Å². The molecule has 18 heavy (non-hydrogen) atoms. The molecule has 1 aliphatic rings. The largest absolute Gasteiger partial charge is 0.304 e. The second kappa shape index (κ2) is 6.78. The zero-order chi connectivity index (χ0) is 12.8. The van der Waals surface area contributed by atoms with E-state index in [9.17, 15) is 0 Å². The first kappa shape index (κ1) is 13.4. The molecule has 3 heteroatoms. The van der Waals surface area contributed by atoms with E-state index in [0.717, 1.165) is 19.8 Å². The molecule has 0 amide bonds. The maximum atomic E-state index is 3.89. The van der Waals surface area contributed by atoms with Crippen LogP contribution in [0, 0.1) is 0 Å². The van der Waals surface area contributed by atoms with Crippen LogP contribution >= 0.6 is 11.9 Å². The van der Waals surface area contributed by atoms with Crippen molar-refractivity contribution in [1.82, 2.24) is 9.62 Å². The molecule has 2 rings (SSSR count). The monoisotopic (exact) mass is 260 g/mol. The molecular formula is C15H20N2S. The van der Waals surface area contributed by atoms with Crippen LogP contribution in [-0.2, 0) is 0 Å². The minimum Gasteiger partial charge on any atom is -0.304 e. The minimum atomic E-state index is 0.957. The van der Waals surface area contributed by atoms with E-state index in [0.29, 0.717) is 0 Å². The summed E-state index contributed by atoms with van der Waals surface area (Å²) >= 11 is 1.83. The van der Waals surface area contributed by atoms with Crippen LogP contribution in [0.3, 0.4) is 0 Å². The molecule has 1 N–H and O–H groups in total. The van der Waals surface area contributed by atoms with Crippen LogP contribution in [0.1, 0.15) is 24.5 Å². The number of hydrogen-bond donors (Lipinski definition) is 1. The lowest BCUT2D eigenvalue weighted by Crippen LogP contribution is -2.37. The Morgan fingerprint density at radius 3 is 3.00 bits per heavy atom. The van der Waals surface area contributed by atoms with E-state index < -0.39 is 0 Å². The summed E-state index contributed by atoms with van der Waals surface area (Å²) in [4.78, 5) is 1.30. The smallest absolute Gasteiger partial charge is 0.0584 e. The topological polar surface area (TPSA) is 15.3 Å². The summed E-state index contributed by atoms with van der Waals surface area (Å²) in [7, 11) is 0. The molecule has 1 heterocycles. The van der Waals surface area contributed by atoms with E-state index in [-0.39, 0.29) is 0 Å². The Balaban J connectivity index is 2.22. The van der Waals surface area contributed by atoms with Gasteiger partial charge in [0.2, 0.25) is 0 Å². The third kappa shape index (κ3) is 3.25. The SMILES string of the molecule is C=Cc1cccc(SN2CCCNC2)c1/C=C\C. The number of nitrogens with one attached hydrogen (secondary N) is 1. The molecule has 0 bridgehead atoms. The Kier molecular flexibility index (Phi) is 5.05. The van der Waals surface area contributed by atoms with Gasteiger partial charge < -0.3 is 5.32 Å². The average Bonchev–Trinajstić information content (AvgIpc) is 2.42. The molecule has 1 fully saturated rings. The Morgan fingerprint density at radius 2 is 2.33 bits per heavy atom. The number of nitrogens with zero attached hydrogens (tertiary/aromatic N) is 1. The van der Waals surface area contributed by atoms with Crippen molar-refractivity contribution in [3.05, 3.63) is 42.0 Å². The molecule has 1 saturated heterocycles. The molecule has 96 valence electrons. The Labute approximate surface area is 114 Å². The second-order valence-corrected chi connectivity index (χ2v) is 5.41. The highest BCUT2D eigenvalue weighted by molar-refractivity contribution is 7.97. The molecule has 0 aromatic heterocycles. The van der Waals surface area contributed by atoms with Gasteiger partial charge in [0.15, 0.2) is 0 Å². The minimum absolute atomic E-state index is 0.957. The maximum Gasteiger partial charge on any atom is 0.0584 e. The van der Waals surface area contributed by atoms with Crippen molar-refractivity contribution in [2.75, 3.05) is 19.8 Å². The van der Waals surface area contributed by atoms with E-state index in [1.165, 1.54) is 22.4 Å². The van der Waals surface area contributed by atoms with Crippen LogP contribution in [0.4, 0.5) is 0 Å². The molecule has 0 saturated carbocycles. The van der Waals surface area contributed by atoms with Crippen LogP contribution in [0.25, 0.3) is 12.2 Å². The highest BCUT2D eigenvalue weighted by Crippen LogP contribution is 2.30. The van der Waals surface area contributed by atoms with Crippen molar-refractivity contribution in [3.63, 3.8) is 0 Å². The summed E-state index contributed by atoms with van der Waals surface area (Å²) in [5.74, 6) is 0. The molecule has 0 atom stereocenters. The van der Waals surface area contributed by atoms with Crippen molar-refractivity contribution >= 4 is 24.1 Å². The fraction of sp³-hybridized carbons (Fsp3) is 0.333. The fourth-order valence-electron chi connectivity index (χ4n) is 2.04. The normalized spacial score (nSPS) is 17.2. The summed E-state index contributed by atoms with van der Waals surface area (Å²) in [6.45, 7) is 9.18. The predicted molar refractivity (Wildman–Crippen MR) is 81.3 cm³/mol. The first-order valence-electron chi connectivity index (χ1n) is 6.37. The highest BCUT2D eigenvalue weighted by Gasteiger charge is 2.13. The lowest BCUT2D eigenvalue weighted by Gasteiger charge is -2.26. The predicted octanol–water partition coefficient (Wildman–Crippen LogP) is 3.62. The van der Waals surface area contributed by atoms with E-state index in [1.807, 2.05) is 18.0 Å². The summed E-state index contributed by atoms with van der Waals surface area (Å²) in [6, 6.07) is 6.40. The summed E-state index contributed by atoms with van der Waals surface area (Å²) < 4.78 is 2.37. The van der Waals surface area contributed by atoms with Crippen LogP contribution in [-0.4, -0.2) is 24.1 Å². The number of benzene rings is 1. The van der Waals surface area contributed by atoms with Gasteiger partial charge in [0.1, 0.15) is 0 Å². The van der Waals surface area contributed by atoms with Crippen molar-refractivity contribution in [2.24, 2.45) is 0 Å². The third-order valence-corrected chi connectivity index (χ3v) is 4.05. The van der Waals surface area contributed by atoms with Crippen LogP contribution in [0.5, 0.6) is 0 Å². The van der Waals surface area contributed by atoms with Crippen molar-refractivity contribution in [1.29, 1.82) is 0 Å². The molecule has 1 aromatic carbocycles. The first-order chi connectivity index (χ1) is 8.85. The van der Waals surface area contributed by atoms with E-state index >= 15 is 0 Å². The third-order valence-electron chi connectivity index (χ3n) is 2.93. The van der Waals surface area contributed by atoms with Gasteiger partial charge >= 0.3 is 0 Å². The first-order valence-corrected chi connectivity index (χ1v) is 7.14. The van der Waals surface area contributed by atoms with Gasteiger partial charge in [0, 0.05) is 11.4 Å². The van der Waals surface area contributed by atoms with Crippen molar-refractivity contribution in [2.45, 2.75) is 18.2 Å². The van der Waals surface area contributed by atoms with Gasteiger partial charge in [-0.2, -0.15) is 0 Å². The quantitative estimate of drug-likeness (QED) is 0.832. The summed E-state index contributed by atoms with van der Waals surface area (Å²) in [5.41, 5.74) is 2.47. The molecule has 1 aliphatic heterocycles. The van der Waals surface area contributed by atoms with Gasteiger partial charge in [-0.15, -0.1) is 0 Å². The molecule has 0 unspecified atom stereocenters. The maximum absolute atomic E-state index is 3.89. The van der Waals surface area contributed by atoms with E-state index in [1.54, 1.807) is 0 Å². The van der Waals surface area contributed by atoms with E-state index in [4.69, 9.17) is 0 Å². The molecule has 0 radical (unpaired) electrons. The van der Waals surface area contributed by atoms with Gasteiger partial charge in [-0.25, -0.2) is 4.31 Å². The van der Waals surface area contributed by atoms with Gasteiger partial charge in [0.25, 0.3) is 0 Å². The molecular weight excluding hydrogens is 240 g/mol. The molecule has 2 nitrogen and oxygen atoms in total. The average molecular weight is 260 g/mol. The standard InChI is InChI=1S/C15H20N2S/c1-3-7-14-13(4-2)8-5-9-15(14)18-17-11-6-10-16-12-17/h3-5,7-9,16H,2,6,10-12H2,1H3/b7-3-. The Morgan fingerprint density at radius 1 is 1.44 bits per heavy atom. The zero-order valence-electron chi connectivity index (χ0n) is 10.9. The van der Waals surface area contributed by atoms with Gasteiger partial charge in [0.05, 0.1) is 6.67 Å². The van der Waals surface area contributed by atoms with Gasteiger partial charge in [-0.05, 0) is 49.0 Å². The fourth-order valence-corrected chi connectivity index (χ4v) is 3.12. The van der Waals surface area contributed by atoms with Crippen molar-refractivity contribution in [3.8, 4) is 0 Å². The zero-order valence-corrected chi connectivity index (χ0v) is 11.7. The van der Waals surface area contributed by atoms with Crippen molar-refractivity contribution < 1.29 is 0 Å². The van der Waals surface area contributed by atoms with Crippen LogP contribution in [0.2, 0.25) is 0 Å². The lowest BCUT2D eigenvalue weighted by molar-refractivity contribution is 0.361. The second-order valence-electron chi connectivity index (χ2n) is 4.27. The molecule has 0 spiro atoms. The lowest BCUT2D eigenvalue weighted by atomic mass is 10.1. The number of hydrogen-bond acceptors (Lipinski definition) is 3. The van der Waals surface area contributed by atoms with Crippen LogP contribution in [0.15, 0.2) is 35.7 Å². The molecule has 1 aromatic rings. The Bertz CT molecular complexity index is 434. The summed E-state index contributed by atoms with van der Waals surface area (Å²) in [5, 5.41) is 3.40. The number of allylic oxidation sites excluding steroid dienone is 1. The highest BCUT2D eigenvalue weighted by atomic mass is 32.2. The van der Waals surface area contributed by atoms with Gasteiger partial charge in [-0.3, -0.25) is 0 Å².